The summed E-state index contributed by atoms with van der Waals surface area (Å²) in [5.41, 5.74) is -0.336. The number of hydrogen-bond acceptors (Lipinski definition) is 3. The predicted molar refractivity (Wildman–Crippen MR) is 66.6 cm³/mol. The minimum atomic E-state index is -0.872. The molecule has 0 aromatic heterocycles. The minimum absolute atomic E-state index is 0.0346. The highest BCUT2D eigenvalue weighted by Crippen LogP contribution is 2.31. The molecule has 1 atom stereocenters. The molecule has 0 radical (unpaired) electrons. The third kappa shape index (κ3) is 2.62. The third-order valence-electron chi connectivity index (χ3n) is 3.23. The molecular weight excluding hydrogens is 238 g/mol. The van der Waals surface area contributed by atoms with Crippen molar-refractivity contribution >= 4 is 5.69 Å². The van der Waals surface area contributed by atoms with Crippen LogP contribution in [0.1, 0.15) is 18.9 Å². The zero-order valence-corrected chi connectivity index (χ0v) is 10.6. The maximum Gasteiger partial charge on any atom is 0.149 e. The first kappa shape index (κ1) is 13.2. The van der Waals surface area contributed by atoms with Crippen molar-refractivity contribution in [2.45, 2.75) is 25.5 Å². The molecule has 1 aliphatic heterocycles. The van der Waals surface area contributed by atoms with Gasteiger partial charge in [0.1, 0.15) is 17.3 Å². The first-order valence-corrected chi connectivity index (χ1v) is 6.03. The van der Waals surface area contributed by atoms with Gasteiger partial charge in [-0.25, -0.2) is 8.78 Å². The van der Waals surface area contributed by atoms with Crippen LogP contribution in [0, 0.1) is 11.6 Å². The molecule has 0 amide bonds. The summed E-state index contributed by atoms with van der Waals surface area (Å²) >= 11 is 0. The Labute approximate surface area is 105 Å². The lowest BCUT2D eigenvalue weighted by atomic mass is 10.1. The zero-order valence-electron chi connectivity index (χ0n) is 10.6. The van der Waals surface area contributed by atoms with Gasteiger partial charge in [-0.3, -0.25) is 0 Å². The summed E-state index contributed by atoms with van der Waals surface area (Å²) in [5.74, 6) is -1.14. The van der Waals surface area contributed by atoms with Crippen LogP contribution >= 0.6 is 0 Å². The van der Waals surface area contributed by atoms with Crippen LogP contribution in [0.4, 0.5) is 14.5 Å². The number of aliphatic hydroxyl groups is 1. The van der Waals surface area contributed by atoms with Crippen LogP contribution in [0.5, 0.6) is 0 Å². The van der Waals surface area contributed by atoms with Crippen LogP contribution in [0.15, 0.2) is 12.1 Å². The van der Waals surface area contributed by atoms with Gasteiger partial charge in [-0.1, -0.05) is 0 Å². The number of anilines is 1. The maximum atomic E-state index is 13.9. The second-order valence-corrected chi connectivity index (χ2v) is 5.11. The van der Waals surface area contributed by atoms with E-state index < -0.39 is 17.2 Å². The molecule has 0 saturated carbocycles. The summed E-state index contributed by atoms with van der Waals surface area (Å²) in [7, 11) is 1.72. The summed E-state index contributed by atoms with van der Waals surface area (Å²) in [6.07, 6.45) is 0.518. The molecule has 1 unspecified atom stereocenters. The van der Waals surface area contributed by atoms with E-state index in [2.05, 4.69) is 5.32 Å². The molecule has 2 rings (SSSR count). The van der Waals surface area contributed by atoms with E-state index in [9.17, 15) is 13.9 Å². The van der Waals surface area contributed by atoms with Crippen LogP contribution in [-0.2, 0) is 6.54 Å². The molecule has 100 valence electrons. The molecule has 1 aliphatic rings. The highest BCUT2D eigenvalue weighted by molar-refractivity contribution is 5.52. The van der Waals surface area contributed by atoms with Gasteiger partial charge in [-0.15, -0.1) is 0 Å². The Morgan fingerprint density at radius 2 is 2.00 bits per heavy atom. The van der Waals surface area contributed by atoms with Crippen molar-refractivity contribution in [1.29, 1.82) is 0 Å². The van der Waals surface area contributed by atoms with Gasteiger partial charge in [-0.05, 0) is 38.1 Å². The second-order valence-electron chi connectivity index (χ2n) is 5.11. The van der Waals surface area contributed by atoms with Gasteiger partial charge in [0.25, 0.3) is 0 Å². The lowest BCUT2D eigenvalue weighted by Crippen LogP contribution is -2.30. The Kier molecular flexibility index (Phi) is 3.54. The Bertz CT molecular complexity index is 426. The fourth-order valence-corrected chi connectivity index (χ4v) is 2.36. The highest BCUT2D eigenvalue weighted by Gasteiger charge is 2.33. The average molecular weight is 256 g/mol. The van der Waals surface area contributed by atoms with Crippen LogP contribution < -0.4 is 10.2 Å². The fourth-order valence-electron chi connectivity index (χ4n) is 2.36. The zero-order chi connectivity index (χ0) is 13.3. The van der Waals surface area contributed by atoms with Crippen molar-refractivity contribution in [2.24, 2.45) is 0 Å². The molecule has 1 saturated heterocycles. The molecule has 1 heterocycles. The lowest BCUT2D eigenvalue weighted by molar-refractivity contribution is 0.0839. The van der Waals surface area contributed by atoms with Crippen molar-refractivity contribution in [3.8, 4) is 0 Å². The number of nitrogens with one attached hydrogen (secondary N) is 1. The molecule has 0 spiro atoms. The lowest BCUT2D eigenvalue weighted by Gasteiger charge is -2.22. The van der Waals surface area contributed by atoms with E-state index in [-0.39, 0.29) is 12.2 Å². The standard InChI is InChI=1S/C13H18F2N2O/c1-13(18)3-4-17(8-13)12-10(14)5-9(7-16-2)6-11(12)15/h5-6,16,18H,3-4,7-8H2,1-2H3. The monoisotopic (exact) mass is 256 g/mol. The number of nitrogens with zero attached hydrogens (tertiary/aromatic N) is 1. The molecule has 1 aromatic carbocycles. The van der Waals surface area contributed by atoms with Gasteiger partial charge in [0.2, 0.25) is 0 Å². The second kappa shape index (κ2) is 4.82. The third-order valence-corrected chi connectivity index (χ3v) is 3.23. The molecule has 1 fully saturated rings. The topological polar surface area (TPSA) is 35.5 Å². The summed E-state index contributed by atoms with van der Waals surface area (Å²) in [6, 6.07) is 2.67. The number of rotatable bonds is 3. The Balaban J connectivity index is 2.29. The molecule has 0 bridgehead atoms. The molecule has 1 aromatic rings. The molecular formula is C13H18F2N2O. The molecule has 5 heteroatoms. The van der Waals surface area contributed by atoms with Gasteiger partial charge >= 0.3 is 0 Å². The van der Waals surface area contributed by atoms with Gasteiger partial charge < -0.3 is 15.3 Å². The van der Waals surface area contributed by atoms with Crippen LogP contribution in [-0.4, -0.2) is 30.8 Å². The van der Waals surface area contributed by atoms with E-state index in [1.165, 1.54) is 12.1 Å². The van der Waals surface area contributed by atoms with Gasteiger partial charge in [-0.2, -0.15) is 0 Å². The Morgan fingerprint density at radius 1 is 1.39 bits per heavy atom. The van der Waals surface area contributed by atoms with Crippen molar-refractivity contribution in [2.75, 3.05) is 25.0 Å². The van der Waals surface area contributed by atoms with Gasteiger partial charge in [0.05, 0.1) is 5.60 Å². The fraction of sp³-hybridized carbons (Fsp3) is 0.538. The average Bonchev–Trinajstić information content (AvgIpc) is 2.58. The Hall–Kier alpha value is -1.20. The maximum absolute atomic E-state index is 13.9. The molecule has 18 heavy (non-hydrogen) atoms. The molecule has 0 aliphatic carbocycles. The molecule has 2 N–H and O–H groups in total. The van der Waals surface area contributed by atoms with E-state index >= 15 is 0 Å². The smallest absolute Gasteiger partial charge is 0.149 e. The SMILES string of the molecule is CNCc1cc(F)c(N2CCC(C)(O)C2)c(F)c1. The van der Waals surface area contributed by atoms with E-state index in [1.54, 1.807) is 18.9 Å². The van der Waals surface area contributed by atoms with E-state index in [1.807, 2.05) is 0 Å². The van der Waals surface area contributed by atoms with Crippen molar-refractivity contribution in [3.05, 3.63) is 29.3 Å². The largest absolute Gasteiger partial charge is 0.388 e. The summed E-state index contributed by atoms with van der Waals surface area (Å²) in [4.78, 5) is 1.56. The predicted octanol–water partition coefficient (Wildman–Crippen LogP) is 1.65. The quantitative estimate of drug-likeness (QED) is 0.863. The molecule has 3 nitrogen and oxygen atoms in total. The van der Waals surface area contributed by atoms with Crippen LogP contribution in [0.3, 0.4) is 0 Å². The van der Waals surface area contributed by atoms with E-state index in [0.717, 1.165) is 0 Å². The highest BCUT2D eigenvalue weighted by atomic mass is 19.1. The number of benzene rings is 1. The Morgan fingerprint density at radius 3 is 2.44 bits per heavy atom. The van der Waals surface area contributed by atoms with Crippen molar-refractivity contribution in [3.63, 3.8) is 0 Å². The van der Waals surface area contributed by atoms with Crippen LogP contribution in [0.2, 0.25) is 0 Å². The minimum Gasteiger partial charge on any atom is -0.388 e. The summed E-state index contributed by atoms with van der Waals surface area (Å²) in [5, 5.41) is 12.7. The number of hydrogen-bond donors (Lipinski definition) is 2. The first-order valence-electron chi connectivity index (χ1n) is 6.03. The number of β-amino-alcohol motifs (C(OH)–C–C–N with tert-alkyl or cyclic N) is 1. The normalized spacial score (nSPS) is 23.7. The number of halogens is 2. The van der Waals surface area contributed by atoms with Gasteiger partial charge in [0, 0.05) is 19.6 Å². The van der Waals surface area contributed by atoms with E-state index in [4.69, 9.17) is 0 Å². The van der Waals surface area contributed by atoms with Crippen molar-refractivity contribution in [1.82, 2.24) is 5.32 Å². The van der Waals surface area contributed by atoms with Gasteiger partial charge in [0.15, 0.2) is 0 Å². The van der Waals surface area contributed by atoms with Crippen LogP contribution in [0.25, 0.3) is 0 Å². The van der Waals surface area contributed by atoms with Crippen molar-refractivity contribution < 1.29 is 13.9 Å². The first-order chi connectivity index (χ1) is 8.43. The summed E-state index contributed by atoms with van der Waals surface area (Å²) in [6.45, 7) is 2.82. The van der Waals surface area contributed by atoms with E-state index in [0.29, 0.717) is 25.1 Å². The summed E-state index contributed by atoms with van der Waals surface area (Å²) < 4.78 is 27.9.